The van der Waals surface area contributed by atoms with Gasteiger partial charge in [-0.1, -0.05) is 12.1 Å². The molecule has 0 spiro atoms. The number of hydrogen-bond donors (Lipinski definition) is 3. The van der Waals surface area contributed by atoms with Gasteiger partial charge in [-0.15, -0.1) is 0 Å². The van der Waals surface area contributed by atoms with E-state index in [0.29, 0.717) is 20.2 Å². The van der Waals surface area contributed by atoms with Crippen LogP contribution >= 0.6 is 47.8 Å². The predicted octanol–water partition coefficient (Wildman–Crippen LogP) is 6.42. The maximum Gasteiger partial charge on any atom is 0.336 e. The molecule has 3 rings (SSSR count). The Labute approximate surface area is 201 Å². The average molecular weight is 614 g/mol. The Morgan fingerprint density at radius 2 is 1.42 bits per heavy atom. The van der Waals surface area contributed by atoms with Crippen LogP contribution in [0, 0.1) is 0 Å². The van der Waals surface area contributed by atoms with Gasteiger partial charge in [-0.3, -0.25) is 4.79 Å². The minimum atomic E-state index is -1.39. The number of amides is 1. The normalized spacial score (nSPS) is 10.4. The van der Waals surface area contributed by atoms with E-state index >= 15 is 0 Å². The number of carbonyl (C=O) groups is 3. The van der Waals surface area contributed by atoms with Gasteiger partial charge in [-0.25, -0.2) is 9.59 Å². The van der Waals surface area contributed by atoms with Gasteiger partial charge < -0.3 is 20.3 Å². The molecular weight excluding hydrogens is 602 g/mol. The highest BCUT2D eigenvalue weighted by atomic mass is 79.9. The summed E-state index contributed by atoms with van der Waals surface area (Å²) in [4.78, 5) is 35.3. The van der Waals surface area contributed by atoms with E-state index in [2.05, 4.69) is 53.1 Å². The first kappa shape index (κ1) is 23.0. The number of anilines is 1. The fraction of sp³-hybridized carbons (Fsp3) is 0. The number of rotatable bonds is 6. The molecule has 0 saturated carbocycles. The zero-order chi connectivity index (χ0) is 22.7. The van der Waals surface area contributed by atoms with Crippen LogP contribution in [0.4, 0.5) is 5.69 Å². The second-order valence-corrected chi connectivity index (χ2v) is 8.63. The van der Waals surface area contributed by atoms with Gasteiger partial charge in [-0.05, 0) is 90.3 Å². The van der Waals surface area contributed by atoms with Gasteiger partial charge in [0.2, 0.25) is 0 Å². The van der Waals surface area contributed by atoms with E-state index in [1.54, 1.807) is 36.4 Å². The van der Waals surface area contributed by atoms with Crippen LogP contribution in [0.15, 0.2) is 68.0 Å². The Kier molecular flexibility index (Phi) is 7.14. The Balaban J connectivity index is 1.89. The molecule has 7 nitrogen and oxygen atoms in total. The molecule has 10 heteroatoms. The van der Waals surface area contributed by atoms with Crippen molar-refractivity contribution in [2.24, 2.45) is 0 Å². The number of hydrogen-bond acceptors (Lipinski definition) is 4. The molecule has 31 heavy (non-hydrogen) atoms. The van der Waals surface area contributed by atoms with Crippen molar-refractivity contribution in [3.05, 3.63) is 84.7 Å². The Morgan fingerprint density at radius 3 is 2.03 bits per heavy atom. The molecule has 0 aromatic heterocycles. The first-order valence-corrected chi connectivity index (χ1v) is 10.9. The molecule has 3 N–H and O–H groups in total. The molecule has 0 radical (unpaired) electrons. The van der Waals surface area contributed by atoms with Crippen molar-refractivity contribution in [2.45, 2.75) is 0 Å². The smallest absolute Gasteiger partial charge is 0.336 e. The molecule has 0 aliphatic rings. The third-order valence-electron chi connectivity index (χ3n) is 4.06. The van der Waals surface area contributed by atoms with E-state index in [1.165, 1.54) is 6.07 Å². The van der Waals surface area contributed by atoms with Crippen LogP contribution < -0.4 is 10.1 Å². The van der Waals surface area contributed by atoms with Crippen LogP contribution in [0.5, 0.6) is 11.5 Å². The standard InChI is InChI=1S/C21H12Br3NO6/c22-14-7-10(8-15(23)18(14)24)19(26)25-16-3-1-2-4-17(16)31-11-5-6-12(20(27)28)13(9-11)21(29)30/h1-9H,(H,25,26)(H,27,28)(H,29,30). The monoisotopic (exact) mass is 611 g/mol. The fourth-order valence-corrected chi connectivity index (χ4v) is 4.03. The van der Waals surface area contributed by atoms with Crippen molar-refractivity contribution in [3.63, 3.8) is 0 Å². The SMILES string of the molecule is O=C(Nc1ccccc1Oc1ccc(C(=O)O)c(C(=O)O)c1)c1cc(Br)c(Br)c(Br)c1. The lowest BCUT2D eigenvalue weighted by Gasteiger charge is -2.14. The van der Waals surface area contributed by atoms with Gasteiger partial charge in [0.25, 0.3) is 5.91 Å². The number of halogens is 3. The molecule has 0 aliphatic carbocycles. The van der Waals surface area contributed by atoms with E-state index in [0.717, 1.165) is 16.6 Å². The summed E-state index contributed by atoms with van der Waals surface area (Å²) in [6.45, 7) is 0. The van der Waals surface area contributed by atoms with Crippen molar-refractivity contribution in [2.75, 3.05) is 5.32 Å². The van der Waals surface area contributed by atoms with Gasteiger partial charge in [0.15, 0.2) is 5.75 Å². The molecule has 0 fully saturated rings. The van der Waals surface area contributed by atoms with Crippen molar-refractivity contribution >= 4 is 71.3 Å². The highest BCUT2D eigenvalue weighted by Gasteiger charge is 2.18. The van der Waals surface area contributed by atoms with Gasteiger partial charge in [0, 0.05) is 19.0 Å². The summed E-state index contributed by atoms with van der Waals surface area (Å²) in [5.41, 5.74) is -0.0264. The summed E-state index contributed by atoms with van der Waals surface area (Å²) in [5, 5.41) is 21.2. The van der Waals surface area contributed by atoms with Crippen LogP contribution in [0.25, 0.3) is 0 Å². The molecular formula is C21H12Br3NO6. The maximum absolute atomic E-state index is 12.7. The van der Waals surface area contributed by atoms with E-state index in [9.17, 15) is 19.5 Å². The third-order valence-corrected chi connectivity index (χ3v) is 7.23. The van der Waals surface area contributed by atoms with Crippen LogP contribution in [0.2, 0.25) is 0 Å². The average Bonchev–Trinajstić information content (AvgIpc) is 2.72. The molecule has 0 saturated heterocycles. The maximum atomic E-state index is 12.7. The topological polar surface area (TPSA) is 113 Å². The number of aromatic carboxylic acids is 2. The molecule has 0 unspecified atom stereocenters. The van der Waals surface area contributed by atoms with Crippen LogP contribution in [0.1, 0.15) is 31.1 Å². The van der Waals surface area contributed by atoms with Gasteiger partial charge >= 0.3 is 11.9 Å². The summed E-state index contributed by atoms with van der Waals surface area (Å²) in [5.74, 6) is -2.78. The van der Waals surface area contributed by atoms with Crippen LogP contribution in [-0.2, 0) is 0 Å². The summed E-state index contributed by atoms with van der Waals surface area (Å²) in [7, 11) is 0. The molecule has 158 valence electrons. The number of ether oxygens (including phenoxy) is 1. The fourth-order valence-electron chi connectivity index (χ4n) is 2.62. The van der Waals surface area contributed by atoms with Crippen LogP contribution in [0.3, 0.4) is 0 Å². The molecule has 0 aliphatic heterocycles. The van der Waals surface area contributed by atoms with Gasteiger partial charge in [-0.2, -0.15) is 0 Å². The summed E-state index contributed by atoms with van der Waals surface area (Å²) >= 11 is 10.1. The first-order chi connectivity index (χ1) is 14.7. The Bertz CT molecular complexity index is 1190. The van der Waals surface area contributed by atoms with Crippen molar-refractivity contribution in [3.8, 4) is 11.5 Å². The van der Waals surface area contributed by atoms with E-state index < -0.39 is 23.4 Å². The number of carboxylic acid groups (broad SMARTS) is 2. The quantitative estimate of drug-likeness (QED) is 0.277. The lowest BCUT2D eigenvalue weighted by molar-refractivity contribution is 0.0651. The molecule has 1 amide bonds. The highest BCUT2D eigenvalue weighted by Crippen LogP contribution is 2.34. The number of para-hydroxylation sites is 2. The minimum Gasteiger partial charge on any atom is -0.478 e. The number of carbonyl (C=O) groups excluding carboxylic acids is 1. The highest BCUT2D eigenvalue weighted by molar-refractivity contribution is 9.14. The first-order valence-electron chi connectivity index (χ1n) is 8.50. The zero-order valence-electron chi connectivity index (χ0n) is 15.4. The minimum absolute atomic E-state index is 0.109. The Hall–Kier alpha value is -2.69. The zero-order valence-corrected chi connectivity index (χ0v) is 20.1. The molecule has 3 aromatic carbocycles. The van der Waals surface area contributed by atoms with E-state index in [1.807, 2.05) is 0 Å². The number of nitrogens with one attached hydrogen (secondary N) is 1. The largest absolute Gasteiger partial charge is 0.478 e. The molecule has 0 heterocycles. The van der Waals surface area contributed by atoms with Crippen LogP contribution in [-0.4, -0.2) is 28.1 Å². The lowest BCUT2D eigenvalue weighted by atomic mass is 10.1. The lowest BCUT2D eigenvalue weighted by Crippen LogP contribution is -2.13. The third kappa shape index (κ3) is 5.33. The number of carboxylic acids is 2. The second-order valence-electron chi connectivity index (χ2n) is 6.12. The Morgan fingerprint density at radius 1 is 0.806 bits per heavy atom. The summed E-state index contributed by atoms with van der Waals surface area (Å²) in [6.07, 6.45) is 0. The summed E-state index contributed by atoms with van der Waals surface area (Å²) in [6, 6.07) is 13.5. The van der Waals surface area contributed by atoms with E-state index in [4.69, 9.17) is 9.84 Å². The number of benzene rings is 3. The van der Waals surface area contributed by atoms with Crippen molar-refractivity contribution < 1.29 is 29.3 Å². The van der Waals surface area contributed by atoms with Gasteiger partial charge in [0.05, 0.1) is 16.8 Å². The van der Waals surface area contributed by atoms with E-state index in [-0.39, 0.29) is 17.1 Å². The second kappa shape index (κ2) is 9.63. The molecule has 3 aromatic rings. The van der Waals surface area contributed by atoms with Gasteiger partial charge in [0.1, 0.15) is 5.75 Å². The molecule has 0 atom stereocenters. The van der Waals surface area contributed by atoms with Crippen molar-refractivity contribution in [1.82, 2.24) is 0 Å². The van der Waals surface area contributed by atoms with Crippen molar-refractivity contribution in [1.29, 1.82) is 0 Å². The predicted molar refractivity (Wildman–Crippen MR) is 124 cm³/mol. The molecule has 0 bridgehead atoms. The summed E-state index contributed by atoms with van der Waals surface area (Å²) < 4.78 is 7.89.